The van der Waals surface area contributed by atoms with Crippen molar-refractivity contribution in [2.45, 2.75) is 37.1 Å². The molecule has 12 heteroatoms. The van der Waals surface area contributed by atoms with Crippen LogP contribution < -0.4 is 11.1 Å². The third-order valence-corrected chi connectivity index (χ3v) is 4.67. The summed E-state index contributed by atoms with van der Waals surface area (Å²) in [5, 5.41) is 26.2. The Morgan fingerprint density at radius 2 is 2.33 bits per heavy atom. The van der Waals surface area contributed by atoms with E-state index in [1.807, 2.05) is 0 Å². The molecular weight excluding hydrogens is 356 g/mol. The average molecular weight is 376 g/mol. The van der Waals surface area contributed by atoms with Gasteiger partial charge in [-0.3, -0.25) is 9.79 Å². The van der Waals surface area contributed by atoms with Crippen LogP contribution >= 0.6 is 0 Å². The minimum Gasteiger partial charge on any atom is -0.394 e. The second kappa shape index (κ2) is 6.72. The molecule has 3 aliphatic rings. The number of hydrogen-bond donors (Lipinski definition) is 4. The molecule has 1 saturated heterocycles. The van der Waals surface area contributed by atoms with Crippen LogP contribution in [0.25, 0.3) is 0 Å². The van der Waals surface area contributed by atoms with Gasteiger partial charge >= 0.3 is 0 Å². The van der Waals surface area contributed by atoms with Gasteiger partial charge in [-0.1, -0.05) is 0 Å². The summed E-state index contributed by atoms with van der Waals surface area (Å²) in [5.74, 6) is 0.161. The van der Waals surface area contributed by atoms with Crippen molar-refractivity contribution >= 4 is 24.0 Å². The maximum atomic E-state index is 11.7. The first kappa shape index (κ1) is 17.6. The van der Waals surface area contributed by atoms with E-state index >= 15 is 0 Å². The summed E-state index contributed by atoms with van der Waals surface area (Å²) in [7, 11) is 1.53. The second-order valence-corrected chi connectivity index (χ2v) is 6.42. The van der Waals surface area contributed by atoms with Crippen molar-refractivity contribution < 1.29 is 19.7 Å². The Kier molecular flexibility index (Phi) is 4.37. The molecule has 4 heterocycles. The Balaban J connectivity index is 1.61. The van der Waals surface area contributed by atoms with E-state index in [4.69, 9.17) is 10.5 Å². The maximum Gasteiger partial charge on any atom is 0.254 e. The number of carbonyl (C=O) groups is 1. The van der Waals surface area contributed by atoms with Gasteiger partial charge in [0.05, 0.1) is 30.8 Å². The molecule has 3 aliphatic heterocycles. The zero-order valence-corrected chi connectivity index (χ0v) is 14.5. The normalized spacial score (nSPS) is 32.3. The second-order valence-electron chi connectivity index (χ2n) is 6.42. The van der Waals surface area contributed by atoms with E-state index in [2.05, 4.69) is 25.4 Å². The lowest BCUT2D eigenvalue weighted by molar-refractivity contribution is -0.0773. The van der Waals surface area contributed by atoms with Crippen LogP contribution in [0.4, 0.5) is 0 Å². The molecule has 0 radical (unpaired) electrons. The Bertz CT molecular complexity index is 834. The number of fused-ring (bicyclic) bond motifs is 1. The van der Waals surface area contributed by atoms with Gasteiger partial charge in [-0.2, -0.15) is 10.1 Å². The van der Waals surface area contributed by atoms with E-state index < -0.39 is 30.6 Å². The molecule has 4 unspecified atom stereocenters. The largest absolute Gasteiger partial charge is 0.394 e. The van der Waals surface area contributed by atoms with Gasteiger partial charge in [-0.05, 0) is 0 Å². The summed E-state index contributed by atoms with van der Waals surface area (Å²) in [6, 6.07) is -0.508. The van der Waals surface area contributed by atoms with E-state index in [1.165, 1.54) is 30.5 Å². The van der Waals surface area contributed by atoms with Gasteiger partial charge in [0.25, 0.3) is 5.91 Å². The van der Waals surface area contributed by atoms with Crippen molar-refractivity contribution in [1.82, 2.24) is 20.0 Å². The van der Waals surface area contributed by atoms with Crippen molar-refractivity contribution in [3.05, 3.63) is 18.0 Å². The molecule has 144 valence electrons. The van der Waals surface area contributed by atoms with Crippen molar-refractivity contribution in [2.75, 3.05) is 13.7 Å². The monoisotopic (exact) mass is 376 g/mol. The van der Waals surface area contributed by atoms with Crippen LogP contribution in [0.2, 0.25) is 0 Å². The van der Waals surface area contributed by atoms with Gasteiger partial charge < -0.3 is 30.9 Å². The smallest absolute Gasteiger partial charge is 0.254 e. The molecule has 1 amide bonds. The minimum atomic E-state index is -0.796. The number of aliphatic hydroxyl groups excluding tert-OH is 2. The fourth-order valence-corrected chi connectivity index (χ4v) is 3.29. The van der Waals surface area contributed by atoms with Crippen LogP contribution in [0.5, 0.6) is 0 Å². The highest BCUT2D eigenvalue weighted by atomic mass is 16.5. The van der Waals surface area contributed by atoms with Crippen molar-refractivity contribution in [3.8, 4) is 0 Å². The Morgan fingerprint density at radius 1 is 1.52 bits per heavy atom. The number of aliphatic hydroxyl groups is 2. The Morgan fingerprint density at radius 3 is 3.04 bits per heavy atom. The number of nitrogens with one attached hydrogen (secondary N) is 1. The van der Waals surface area contributed by atoms with Crippen LogP contribution in [0.3, 0.4) is 0 Å². The molecule has 27 heavy (non-hydrogen) atoms. The van der Waals surface area contributed by atoms with E-state index in [1.54, 1.807) is 4.90 Å². The van der Waals surface area contributed by atoms with E-state index in [0.29, 0.717) is 12.0 Å². The number of carbonyl (C=O) groups excluding carboxylic acids is 1. The first-order chi connectivity index (χ1) is 13.0. The highest BCUT2D eigenvalue weighted by Crippen LogP contribution is 2.29. The third kappa shape index (κ3) is 2.97. The summed E-state index contributed by atoms with van der Waals surface area (Å²) < 4.78 is 7.05. The third-order valence-electron chi connectivity index (χ3n) is 4.67. The molecule has 1 aromatic rings. The molecule has 0 saturated carbocycles. The van der Waals surface area contributed by atoms with Crippen LogP contribution in [-0.4, -0.2) is 93.2 Å². The first-order valence-corrected chi connectivity index (χ1v) is 8.46. The topological polar surface area (TPSA) is 163 Å². The fraction of sp³-hybridized carbons (Fsp3) is 0.533. The van der Waals surface area contributed by atoms with Crippen LogP contribution in [0, 0.1) is 0 Å². The number of aliphatic imine (C=N–C) groups is 3. The first-order valence-electron chi connectivity index (χ1n) is 8.46. The van der Waals surface area contributed by atoms with Crippen LogP contribution in [0.15, 0.2) is 27.4 Å². The number of hydrogen-bond acceptors (Lipinski definition) is 10. The minimum absolute atomic E-state index is 0.180. The summed E-state index contributed by atoms with van der Waals surface area (Å²) in [6.07, 6.45) is 2.23. The van der Waals surface area contributed by atoms with Crippen molar-refractivity contribution in [1.29, 1.82) is 0 Å². The highest BCUT2D eigenvalue weighted by Gasteiger charge is 2.46. The Hall–Kier alpha value is -2.83. The Labute approximate surface area is 154 Å². The summed E-state index contributed by atoms with van der Waals surface area (Å²) >= 11 is 0. The van der Waals surface area contributed by atoms with Crippen molar-refractivity contribution in [2.24, 2.45) is 20.7 Å². The van der Waals surface area contributed by atoms with Gasteiger partial charge in [-0.25, -0.2) is 9.67 Å². The molecule has 0 aromatic carbocycles. The number of ether oxygens (including phenoxy) is 1. The fourth-order valence-electron chi connectivity index (χ4n) is 3.29. The van der Waals surface area contributed by atoms with E-state index in [9.17, 15) is 15.0 Å². The molecule has 0 aliphatic carbocycles. The van der Waals surface area contributed by atoms with Gasteiger partial charge in [-0.15, -0.1) is 0 Å². The lowest BCUT2D eigenvalue weighted by atomic mass is 10.1. The lowest BCUT2D eigenvalue weighted by Crippen LogP contribution is -2.51. The molecule has 5 atom stereocenters. The molecule has 12 nitrogen and oxygen atoms in total. The molecular formula is C15H20N8O4. The number of nitrogens with two attached hydrogens (primary N) is 1. The molecule has 0 spiro atoms. The lowest BCUT2D eigenvalue weighted by Gasteiger charge is -2.32. The van der Waals surface area contributed by atoms with Gasteiger partial charge in [0, 0.05) is 19.7 Å². The number of amidine groups is 1. The predicted molar refractivity (Wildman–Crippen MR) is 94.4 cm³/mol. The zero-order chi connectivity index (χ0) is 19.1. The molecule has 4 rings (SSSR count). The number of amides is 1. The SMILES string of the molecule is CNC(=O)c1cnn(C2=NC3C(N=CN3C3OC(CO)C[C@H]3O)C(N)=N2)c1. The zero-order valence-electron chi connectivity index (χ0n) is 14.5. The molecule has 5 N–H and O–H groups in total. The van der Waals surface area contributed by atoms with Gasteiger partial charge in [0.1, 0.15) is 18.0 Å². The predicted octanol–water partition coefficient (Wildman–Crippen LogP) is -2.68. The van der Waals surface area contributed by atoms with Crippen LogP contribution in [0.1, 0.15) is 16.8 Å². The number of nitrogens with zero attached hydrogens (tertiary/aromatic N) is 6. The summed E-state index contributed by atoms with van der Waals surface area (Å²) in [6.45, 7) is -0.180. The van der Waals surface area contributed by atoms with Crippen molar-refractivity contribution in [3.63, 3.8) is 0 Å². The molecule has 1 fully saturated rings. The quantitative estimate of drug-likeness (QED) is 0.447. The van der Waals surface area contributed by atoms with Crippen LogP contribution in [-0.2, 0) is 4.74 Å². The highest BCUT2D eigenvalue weighted by molar-refractivity contribution is 6.03. The molecule has 0 bridgehead atoms. The number of rotatable bonds is 3. The number of aromatic nitrogens is 2. The standard InChI is InChI=1S/C15H20N8O4/c1-17-13(26)7-3-19-23(4-7)15-20-11(16)10-12(21-15)22(6-18-10)14-9(25)2-8(5-24)27-14/h3-4,6,8-10,12,14,24-25H,2,5H2,1H3,(H,17,26)(H2,16,20,21)/t8?,9-,10?,12?,14?/m1/s1. The summed E-state index contributed by atoms with van der Waals surface area (Å²) in [5.41, 5.74) is 6.41. The average Bonchev–Trinajstić information content (AvgIpc) is 3.38. The molecule has 1 aromatic heterocycles. The maximum absolute atomic E-state index is 11.7. The summed E-state index contributed by atoms with van der Waals surface area (Å²) in [4.78, 5) is 26.5. The van der Waals surface area contributed by atoms with Gasteiger partial charge in [0.15, 0.2) is 12.4 Å². The van der Waals surface area contributed by atoms with E-state index in [0.717, 1.165) is 0 Å². The van der Waals surface area contributed by atoms with Gasteiger partial charge in [0.2, 0.25) is 5.96 Å². The van der Waals surface area contributed by atoms with E-state index in [-0.39, 0.29) is 24.3 Å².